The first kappa shape index (κ1) is 20.6. The monoisotopic (exact) mass is 312 g/mol. The minimum atomic E-state index is -0.561. The predicted molar refractivity (Wildman–Crippen MR) is 88.4 cm³/mol. The molecule has 0 saturated carbocycles. The van der Waals surface area contributed by atoms with Gasteiger partial charge in [-0.25, -0.2) is 0 Å². The van der Waals surface area contributed by atoms with Gasteiger partial charge in [-0.2, -0.15) is 0 Å². The molecular formula is C17H32N2O3. The van der Waals surface area contributed by atoms with Gasteiger partial charge in [0.05, 0.1) is 6.54 Å². The molecule has 0 saturated heterocycles. The molecule has 0 radical (unpaired) electrons. The maximum Gasteiger partial charge on any atom is 0.242 e. The smallest absolute Gasteiger partial charge is 0.242 e. The van der Waals surface area contributed by atoms with Crippen LogP contribution in [0.1, 0.15) is 66.7 Å². The van der Waals surface area contributed by atoms with Crippen LogP contribution in [0.15, 0.2) is 0 Å². The normalized spacial score (nSPS) is 12.3. The van der Waals surface area contributed by atoms with Crippen LogP contribution in [0.4, 0.5) is 0 Å². The van der Waals surface area contributed by atoms with Gasteiger partial charge in [0.2, 0.25) is 11.8 Å². The lowest BCUT2D eigenvalue weighted by Crippen LogP contribution is -2.48. The van der Waals surface area contributed by atoms with E-state index >= 15 is 0 Å². The second-order valence-corrected chi connectivity index (χ2v) is 6.69. The van der Waals surface area contributed by atoms with Crippen LogP contribution in [0.3, 0.4) is 0 Å². The van der Waals surface area contributed by atoms with Gasteiger partial charge in [-0.1, -0.05) is 34.6 Å². The highest BCUT2D eigenvalue weighted by Crippen LogP contribution is 2.07. The number of Topliss-reactive ketones (excluding diaryl/α,β-unsaturated/α-hetero) is 1. The van der Waals surface area contributed by atoms with E-state index in [1.54, 1.807) is 0 Å². The van der Waals surface area contributed by atoms with E-state index in [0.717, 1.165) is 12.8 Å². The third-order valence-electron chi connectivity index (χ3n) is 3.30. The highest BCUT2D eigenvalue weighted by molar-refractivity contribution is 5.91. The Balaban J connectivity index is 4.45. The largest absolute Gasteiger partial charge is 0.347 e. The second kappa shape index (κ2) is 11.2. The van der Waals surface area contributed by atoms with E-state index < -0.39 is 6.04 Å². The average Bonchev–Trinajstić information content (AvgIpc) is 2.41. The van der Waals surface area contributed by atoms with Gasteiger partial charge in [-0.15, -0.1) is 0 Å². The van der Waals surface area contributed by atoms with Crippen molar-refractivity contribution in [3.05, 3.63) is 0 Å². The van der Waals surface area contributed by atoms with Crippen molar-refractivity contribution in [2.75, 3.05) is 6.54 Å². The van der Waals surface area contributed by atoms with Gasteiger partial charge in [-0.3, -0.25) is 14.4 Å². The van der Waals surface area contributed by atoms with Crippen LogP contribution in [-0.4, -0.2) is 30.2 Å². The Morgan fingerprint density at radius 2 is 1.59 bits per heavy atom. The number of carbonyl (C=O) groups excluding carboxylic acids is 3. The molecule has 0 aliphatic carbocycles. The highest BCUT2D eigenvalue weighted by atomic mass is 16.2. The lowest BCUT2D eigenvalue weighted by molar-refractivity contribution is -0.130. The van der Waals surface area contributed by atoms with Gasteiger partial charge in [0.25, 0.3) is 0 Å². The zero-order valence-corrected chi connectivity index (χ0v) is 14.7. The summed E-state index contributed by atoms with van der Waals surface area (Å²) in [6.45, 7) is 10.1. The van der Waals surface area contributed by atoms with Gasteiger partial charge in [0.1, 0.15) is 6.04 Å². The number of nitrogens with one attached hydrogen (secondary N) is 2. The quantitative estimate of drug-likeness (QED) is 0.615. The number of hydrogen-bond acceptors (Lipinski definition) is 3. The van der Waals surface area contributed by atoms with Gasteiger partial charge >= 0.3 is 0 Å². The molecule has 0 aliphatic rings. The maximum absolute atomic E-state index is 12.2. The topological polar surface area (TPSA) is 75.3 Å². The average molecular weight is 312 g/mol. The Hall–Kier alpha value is -1.39. The second-order valence-electron chi connectivity index (χ2n) is 6.69. The molecule has 0 aromatic heterocycles. The zero-order valence-electron chi connectivity index (χ0n) is 14.7. The van der Waals surface area contributed by atoms with E-state index in [9.17, 15) is 14.4 Å². The minimum absolute atomic E-state index is 0.0188. The van der Waals surface area contributed by atoms with E-state index in [4.69, 9.17) is 0 Å². The fourth-order valence-corrected chi connectivity index (χ4v) is 2.07. The van der Waals surface area contributed by atoms with Crippen LogP contribution >= 0.6 is 0 Å². The number of hydrogen-bond donors (Lipinski definition) is 2. The molecule has 1 atom stereocenters. The van der Waals surface area contributed by atoms with Gasteiger partial charge in [0.15, 0.2) is 5.78 Å². The number of ketones is 1. The highest BCUT2D eigenvalue weighted by Gasteiger charge is 2.22. The van der Waals surface area contributed by atoms with Crippen molar-refractivity contribution >= 4 is 17.6 Å². The SMILES string of the molecule is CCCC(=O)CNC(=O)C(CC(C)C)NC(=O)CCC(C)C. The first-order valence-electron chi connectivity index (χ1n) is 8.35. The van der Waals surface area contributed by atoms with Crippen molar-refractivity contribution < 1.29 is 14.4 Å². The summed E-state index contributed by atoms with van der Waals surface area (Å²) in [4.78, 5) is 35.6. The third kappa shape index (κ3) is 10.4. The summed E-state index contributed by atoms with van der Waals surface area (Å²) in [7, 11) is 0. The van der Waals surface area contributed by atoms with E-state index in [-0.39, 0.29) is 30.1 Å². The van der Waals surface area contributed by atoms with Gasteiger partial charge < -0.3 is 10.6 Å². The van der Waals surface area contributed by atoms with Crippen molar-refractivity contribution in [3.63, 3.8) is 0 Å². The van der Waals surface area contributed by atoms with E-state index in [2.05, 4.69) is 24.5 Å². The Kier molecular flexibility index (Phi) is 10.5. The summed E-state index contributed by atoms with van der Waals surface area (Å²) in [5.74, 6) is 0.387. The third-order valence-corrected chi connectivity index (χ3v) is 3.30. The van der Waals surface area contributed by atoms with Crippen LogP contribution < -0.4 is 10.6 Å². The molecule has 2 amide bonds. The molecule has 0 spiro atoms. The molecule has 5 heteroatoms. The minimum Gasteiger partial charge on any atom is -0.347 e. The molecule has 128 valence electrons. The molecule has 0 bridgehead atoms. The number of carbonyl (C=O) groups is 3. The fraction of sp³-hybridized carbons (Fsp3) is 0.824. The Morgan fingerprint density at radius 3 is 2.09 bits per heavy atom. The standard InChI is InChI=1S/C17H32N2O3/c1-6-7-14(20)11-18-17(22)15(10-13(4)5)19-16(21)9-8-12(2)3/h12-13,15H,6-11H2,1-5H3,(H,18,22)(H,19,21). The van der Waals surface area contributed by atoms with Crippen molar-refractivity contribution in [2.24, 2.45) is 11.8 Å². The van der Waals surface area contributed by atoms with Crippen molar-refractivity contribution in [1.82, 2.24) is 10.6 Å². The van der Waals surface area contributed by atoms with E-state index in [1.165, 1.54) is 0 Å². The molecule has 0 aromatic carbocycles. The molecule has 2 N–H and O–H groups in total. The molecule has 0 rings (SSSR count). The van der Waals surface area contributed by atoms with Crippen molar-refractivity contribution in [1.29, 1.82) is 0 Å². The van der Waals surface area contributed by atoms with Crippen LogP contribution in [-0.2, 0) is 14.4 Å². The van der Waals surface area contributed by atoms with Crippen LogP contribution in [0, 0.1) is 11.8 Å². The van der Waals surface area contributed by atoms with E-state index in [0.29, 0.717) is 25.2 Å². The summed E-state index contributed by atoms with van der Waals surface area (Å²) in [5, 5.41) is 5.44. The van der Waals surface area contributed by atoms with Gasteiger partial charge in [-0.05, 0) is 31.1 Å². The molecule has 1 unspecified atom stereocenters. The van der Waals surface area contributed by atoms with Crippen LogP contribution in [0.25, 0.3) is 0 Å². The van der Waals surface area contributed by atoms with Crippen molar-refractivity contribution in [2.45, 2.75) is 72.8 Å². The summed E-state index contributed by atoms with van der Waals surface area (Å²) in [5.41, 5.74) is 0. The molecular weight excluding hydrogens is 280 g/mol. The molecule has 0 heterocycles. The number of rotatable bonds is 11. The summed E-state index contributed by atoms with van der Waals surface area (Å²) in [6.07, 6.45) is 3.04. The summed E-state index contributed by atoms with van der Waals surface area (Å²) >= 11 is 0. The fourth-order valence-electron chi connectivity index (χ4n) is 2.07. The first-order chi connectivity index (χ1) is 10.3. The predicted octanol–water partition coefficient (Wildman–Crippen LogP) is 2.44. The van der Waals surface area contributed by atoms with Crippen LogP contribution in [0.2, 0.25) is 0 Å². The Bertz CT molecular complexity index is 365. The molecule has 0 fully saturated rings. The lowest BCUT2D eigenvalue weighted by atomic mass is 10.0. The Morgan fingerprint density at radius 1 is 0.955 bits per heavy atom. The maximum atomic E-state index is 12.2. The zero-order chi connectivity index (χ0) is 17.1. The Labute approximate surface area is 134 Å². The molecule has 22 heavy (non-hydrogen) atoms. The summed E-state index contributed by atoms with van der Waals surface area (Å²) < 4.78 is 0. The summed E-state index contributed by atoms with van der Waals surface area (Å²) in [6, 6.07) is -0.561. The van der Waals surface area contributed by atoms with Crippen molar-refractivity contribution in [3.8, 4) is 0 Å². The molecule has 0 aromatic rings. The first-order valence-corrected chi connectivity index (χ1v) is 8.35. The van der Waals surface area contributed by atoms with E-state index in [1.807, 2.05) is 20.8 Å². The molecule has 0 aliphatic heterocycles. The van der Waals surface area contributed by atoms with Crippen LogP contribution in [0.5, 0.6) is 0 Å². The number of amides is 2. The van der Waals surface area contributed by atoms with Gasteiger partial charge in [0, 0.05) is 12.8 Å². The lowest BCUT2D eigenvalue weighted by Gasteiger charge is -2.20. The molecule has 5 nitrogen and oxygen atoms in total.